The van der Waals surface area contributed by atoms with E-state index in [1.165, 1.54) is 15.9 Å². The molecule has 23 heavy (non-hydrogen) atoms. The molecule has 122 valence electrons. The molecule has 0 radical (unpaired) electrons. The highest BCUT2D eigenvalue weighted by Crippen LogP contribution is 2.15. The van der Waals surface area contributed by atoms with E-state index in [1.54, 1.807) is 14.1 Å². The molecule has 0 saturated carbocycles. The molecule has 1 aromatic heterocycles. The molecule has 0 aliphatic rings. The zero-order chi connectivity index (χ0) is 16.8. The number of carbonyl (C=O) groups is 2. The summed E-state index contributed by atoms with van der Waals surface area (Å²) in [6, 6.07) is 7.32. The Kier molecular flexibility index (Phi) is 5.29. The van der Waals surface area contributed by atoms with Crippen LogP contribution in [0.15, 0.2) is 30.5 Å². The SMILES string of the molecule is CCc1ccccc1NC(=O)Cn1ncc(NC(=O)N(C)C)n1. The highest BCUT2D eigenvalue weighted by molar-refractivity contribution is 5.91. The number of hydrogen-bond acceptors (Lipinski definition) is 4. The van der Waals surface area contributed by atoms with Gasteiger partial charge in [0.2, 0.25) is 5.91 Å². The van der Waals surface area contributed by atoms with E-state index in [9.17, 15) is 9.59 Å². The van der Waals surface area contributed by atoms with Crippen LogP contribution < -0.4 is 10.6 Å². The van der Waals surface area contributed by atoms with Gasteiger partial charge >= 0.3 is 6.03 Å². The number of nitrogens with one attached hydrogen (secondary N) is 2. The number of para-hydroxylation sites is 1. The van der Waals surface area contributed by atoms with Gasteiger partial charge in [0.05, 0.1) is 6.20 Å². The van der Waals surface area contributed by atoms with E-state index in [0.29, 0.717) is 5.82 Å². The lowest BCUT2D eigenvalue weighted by atomic mass is 10.1. The molecule has 3 amide bonds. The van der Waals surface area contributed by atoms with E-state index in [1.807, 2.05) is 31.2 Å². The summed E-state index contributed by atoms with van der Waals surface area (Å²) in [4.78, 5) is 26.2. The topological polar surface area (TPSA) is 92.2 Å². The second-order valence-corrected chi connectivity index (χ2v) is 5.14. The van der Waals surface area contributed by atoms with Crippen molar-refractivity contribution in [1.82, 2.24) is 19.9 Å². The molecule has 1 aromatic carbocycles. The fourth-order valence-electron chi connectivity index (χ4n) is 1.92. The number of carbonyl (C=O) groups excluding carboxylic acids is 2. The average Bonchev–Trinajstić information content (AvgIpc) is 2.94. The number of hydrogen-bond donors (Lipinski definition) is 2. The van der Waals surface area contributed by atoms with Gasteiger partial charge in [-0.1, -0.05) is 25.1 Å². The summed E-state index contributed by atoms with van der Waals surface area (Å²) in [6.07, 6.45) is 2.23. The quantitative estimate of drug-likeness (QED) is 0.876. The summed E-state index contributed by atoms with van der Waals surface area (Å²) in [6.45, 7) is 2.00. The molecule has 0 bridgehead atoms. The van der Waals surface area contributed by atoms with Gasteiger partial charge in [0.25, 0.3) is 0 Å². The molecule has 2 N–H and O–H groups in total. The van der Waals surface area contributed by atoms with Crippen LogP contribution in [0.25, 0.3) is 0 Å². The van der Waals surface area contributed by atoms with Gasteiger partial charge in [0.15, 0.2) is 5.82 Å². The van der Waals surface area contributed by atoms with Gasteiger partial charge in [0, 0.05) is 19.8 Å². The predicted molar refractivity (Wildman–Crippen MR) is 87.2 cm³/mol. The van der Waals surface area contributed by atoms with E-state index in [2.05, 4.69) is 20.8 Å². The minimum absolute atomic E-state index is 0.0319. The fraction of sp³-hybridized carbons (Fsp3) is 0.333. The van der Waals surface area contributed by atoms with Crippen molar-refractivity contribution in [2.75, 3.05) is 24.7 Å². The van der Waals surface area contributed by atoms with Crippen molar-refractivity contribution in [1.29, 1.82) is 0 Å². The lowest BCUT2D eigenvalue weighted by Crippen LogP contribution is -2.27. The highest BCUT2D eigenvalue weighted by Gasteiger charge is 2.10. The van der Waals surface area contributed by atoms with Crippen LogP contribution in [-0.4, -0.2) is 45.9 Å². The number of rotatable bonds is 5. The summed E-state index contributed by atoms with van der Waals surface area (Å²) in [5, 5.41) is 13.4. The van der Waals surface area contributed by atoms with Crippen LogP contribution in [0, 0.1) is 0 Å². The van der Waals surface area contributed by atoms with E-state index >= 15 is 0 Å². The van der Waals surface area contributed by atoms with E-state index in [0.717, 1.165) is 17.7 Å². The molecule has 0 saturated heterocycles. The van der Waals surface area contributed by atoms with Crippen LogP contribution in [0.5, 0.6) is 0 Å². The predicted octanol–water partition coefficient (Wildman–Crippen LogP) is 1.57. The van der Waals surface area contributed by atoms with Gasteiger partial charge in [-0.15, -0.1) is 5.10 Å². The molecule has 0 aliphatic heterocycles. The maximum Gasteiger partial charge on any atom is 0.322 e. The number of anilines is 2. The van der Waals surface area contributed by atoms with Crippen LogP contribution in [0.1, 0.15) is 12.5 Å². The van der Waals surface area contributed by atoms with Crippen LogP contribution >= 0.6 is 0 Å². The number of nitrogens with zero attached hydrogens (tertiary/aromatic N) is 4. The first kappa shape index (κ1) is 16.5. The zero-order valence-electron chi connectivity index (χ0n) is 13.4. The number of aryl methyl sites for hydroxylation is 1. The summed E-state index contributed by atoms with van der Waals surface area (Å²) in [5.41, 5.74) is 1.85. The third-order valence-electron chi connectivity index (χ3n) is 3.14. The maximum atomic E-state index is 12.1. The van der Waals surface area contributed by atoms with Crippen LogP contribution in [0.4, 0.5) is 16.3 Å². The summed E-state index contributed by atoms with van der Waals surface area (Å²) < 4.78 is 0. The smallest absolute Gasteiger partial charge is 0.322 e. The number of urea groups is 1. The van der Waals surface area contributed by atoms with Crippen LogP contribution in [-0.2, 0) is 17.8 Å². The Bertz CT molecular complexity index is 695. The van der Waals surface area contributed by atoms with Gasteiger partial charge in [-0.3, -0.25) is 10.1 Å². The third kappa shape index (κ3) is 4.53. The molecule has 0 aliphatic carbocycles. The largest absolute Gasteiger partial charge is 0.331 e. The van der Waals surface area contributed by atoms with E-state index in [4.69, 9.17) is 0 Å². The van der Waals surface area contributed by atoms with Crippen molar-refractivity contribution in [2.45, 2.75) is 19.9 Å². The van der Waals surface area contributed by atoms with Crippen molar-refractivity contribution < 1.29 is 9.59 Å². The Morgan fingerprint density at radius 1 is 1.22 bits per heavy atom. The summed E-state index contributed by atoms with van der Waals surface area (Å²) in [5.74, 6) is 0.0671. The Morgan fingerprint density at radius 2 is 1.96 bits per heavy atom. The molecular weight excluding hydrogens is 296 g/mol. The van der Waals surface area contributed by atoms with Crippen molar-refractivity contribution in [3.8, 4) is 0 Å². The Balaban J connectivity index is 1.96. The molecule has 2 rings (SSSR count). The van der Waals surface area contributed by atoms with E-state index in [-0.39, 0.29) is 18.5 Å². The molecule has 0 atom stereocenters. The molecular formula is C15H20N6O2. The third-order valence-corrected chi connectivity index (χ3v) is 3.14. The summed E-state index contributed by atoms with van der Waals surface area (Å²) >= 11 is 0. The van der Waals surface area contributed by atoms with Crippen LogP contribution in [0.2, 0.25) is 0 Å². The number of benzene rings is 1. The Hall–Kier alpha value is -2.90. The lowest BCUT2D eigenvalue weighted by molar-refractivity contribution is -0.117. The van der Waals surface area contributed by atoms with Crippen molar-refractivity contribution in [3.63, 3.8) is 0 Å². The van der Waals surface area contributed by atoms with Gasteiger partial charge < -0.3 is 10.2 Å². The monoisotopic (exact) mass is 316 g/mol. The van der Waals surface area contributed by atoms with Crippen molar-refractivity contribution in [3.05, 3.63) is 36.0 Å². The van der Waals surface area contributed by atoms with Gasteiger partial charge in [-0.05, 0) is 18.1 Å². The second-order valence-electron chi connectivity index (χ2n) is 5.14. The fourth-order valence-corrected chi connectivity index (χ4v) is 1.92. The molecule has 0 spiro atoms. The van der Waals surface area contributed by atoms with Crippen molar-refractivity contribution in [2.24, 2.45) is 0 Å². The van der Waals surface area contributed by atoms with Crippen molar-refractivity contribution >= 4 is 23.4 Å². The lowest BCUT2D eigenvalue weighted by Gasteiger charge is -2.10. The molecule has 1 heterocycles. The highest BCUT2D eigenvalue weighted by atomic mass is 16.2. The zero-order valence-corrected chi connectivity index (χ0v) is 13.4. The maximum absolute atomic E-state index is 12.1. The van der Waals surface area contributed by atoms with Gasteiger partial charge in [0.1, 0.15) is 6.54 Å². The average molecular weight is 316 g/mol. The first-order chi connectivity index (χ1) is 11.0. The summed E-state index contributed by atoms with van der Waals surface area (Å²) in [7, 11) is 3.25. The molecule has 8 heteroatoms. The minimum Gasteiger partial charge on any atom is -0.331 e. The number of amides is 3. The standard InChI is InChI=1S/C15H20N6O2/c1-4-11-7-5-6-8-12(11)17-14(22)10-21-16-9-13(19-21)18-15(23)20(2)3/h5-9H,4,10H2,1-3H3,(H,17,22)(H,18,19,23). The first-order valence-corrected chi connectivity index (χ1v) is 7.25. The molecule has 2 aromatic rings. The van der Waals surface area contributed by atoms with E-state index < -0.39 is 0 Å². The first-order valence-electron chi connectivity index (χ1n) is 7.25. The van der Waals surface area contributed by atoms with Gasteiger partial charge in [-0.2, -0.15) is 9.90 Å². The Labute approximate surface area is 134 Å². The molecule has 0 fully saturated rings. The normalized spacial score (nSPS) is 10.2. The minimum atomic E-state index is -0.307. The molecule has 8 nitrogen and oxygen atoms in total. The van der Waals surface area contributed by atoms with Gasteiger partial charge in [-0.25, -0.2) is 4.79 Å². The second kappa shape index (κ2) is 7.39. The van der Waals surface area contributed by atoms with Crippen LogP contribution in [0.3, 0.4) is 0 Å². The number of aromatic nitrogens is 3. The molecule has 0 unspecified atom stereocenters. The Morgan fingerprint density at radius 3 is 2.65 bits per heavy atom.